The van der Waals surface area contributed by atoms with E-state index in [2.05, 4.69) is 12.2 Å². The molecule has 2 unspecified atom stereocenters. The number of rotatable bonds is 6. The number of aliphatic carboxylic acids is 1. The smallest absolute Gasteiger partial charge is 0.321 e. The third-order valence-electron chi connectivity index (χ3n) is 4.28. The van der Waals surface area contributed by atoms with E-state index in [1.165, 1.54) is 25.7 Å². The predicted octanol–water partition coefficient (Wildman–Crippen LogP) is 3.10. The molecule has 0 radical (unpaired) electrons. The van der Waals surface area contributed by atoms with E-state index < -0.39 is 12.0 Å². The Balaban J connectivity index is 1.85. The van der Waals surface area contributed by atoms with Gasteiger partial charge in [-0.15, -0.1) is 0 Å². The molecule has 0 spiro atoms. The van der Waals surface area contributed by atoms with Gasteiger partial charge >= 0.3 is 5.97 Å². The van der Waals surface area contributed by atoms with Gasteiger partial charge in [-0.25, -0.2) is 0 Å². The van der Waals surface area contributed by atoms with Crippen LogP contribution < -0.4 is 5.32 Å². The summed E-state index contributed by atoms with van der Waals surface area (Å²) in [5.74, 6) is 0.669. The summed E-state index contributed by atoms with van der Waals surface area (Å²) >= 11 is 0. The van der Waals surface area contributed by atoms with E-state index in [-0.39, 0.29) is 0 Å². The van der Waals surface area contributed by atoms with Crippen molar-refractivity contribution >= 4 is 5.97 Å². The molecule has 2 N–H and O–H groups in total. The van der Waals surface area contributed by atoms with Crippen LogP contribution in [0.5, 0.6) is 0 Å². The molecule has 3 heteroatoms. The first kappa shape index (κ1) is 15.0. The van der Waals surface area contributed by atoms with Crippen molar-refractivity contribution in [3.8, 4) is 0 Å². The fraction of sp³-hybridized carbons (Fsp3) is 0.588. The molecule has 1 aromatic rings. The molecule has 1 fully saturated rings. The topological polar surface area (TPSA) is 49.3 Å². The molecule has 2 rings (SSSR count). The highest BCUT2D eigenvalue weighted by molar-refractivity contribution is 5.73. The van der Waals surface area contributed by atoms with Crippen LogP contribution in [0, 0.1) is 11.8 Å². The van der Waals surface area contributed by atoms with Crippen LogP contribution in [0.15, 0.2) is 30.3 Å². The van der Waals surface area contributed by atoms with E-state index in [1.807, 2.05) is 30.3 Å². The van der Waals surface area contributed by atoms with Crippen molar-refractivity contribution in [3.05, 3.63) is 35.9 Å². The highest BCUT2D eigenvalue weighted by Gasteiger charge is 2.22. The first-order valence-electron chi connectivity index (χ1n) is 7.65. The van der Waals surface area contributed by atoms with Crippen LogP contribution in [0.25, 0.3) is 0 Å². The molecule has 0 aromatic heterocycles. The zero-order chi connectivity index (χ0) is 14.4. The molecule has 3 atom stereocenters. The molecule has 1 aromatic carbocycles. The molecule has 110 valence electrons. The number of nitrogens with one attached hydrogen (secondary N) is 1. The molecule has 3 nitrogen and oxygen atoms in total. The van der Waals surface area contributed by atoms with E-state index in [4.69, 9.17) is 0 Å². The van der Waals surface area contributed by atoms with E-state index in [0.29, 0.717) is 12.3 Å². The van der Waals surface area contributed by atoms with Gasteiger partial charge in [-0.2, -0.15) is 0 Å². The Morgan fingerprint density at radius 3 is 2.75 bits per heavy atom. The largest absolute Gasteiger partial charge is 0.480 e. The van der Waals surface area contributed by atoms with Crippen LogP contribution in [0.3, 0.4) is 0 Å². The third kappa shape index (κ3) is 4.64. The second kappa shape index (κ2) is 7.44. The maximum atomic E-state index is 11.4. The molecule has 0 heterocycles. The molecule has 1 aliphatic rings. The van der Waals surface area contributed by atoms with Crippen LogP contribution in [-0.2, 0) is 11.2 Å². The van der Waals surface area contributed by atoms with Crippen molar-refractivity contribution in [3.63, 3.8) is 0 Å². The Kier molecular flexibility index (Phi) is 5.60. The summed E-state index contributed by atoms with van der Waals surface area (Å²) in [6.07, 6.45) is 5.62. The van der Waals surface area contributed by atoms with Gasteiger partial charge in [0.1, 0.15) is 6.04 Å². The van der Waals surface area contributed by atoms with E-state index in [0.717, 1.165) is 18.0 Å². The fourth-order valence-electron chi connectivity index (χ4n) is 3.15. The summed E-state index contributed by atoms with van der Waals surface area (Å²) in [5, 5.41) is 12.6. The molecule has 0 aliphatic heterocycles. The van der Waals surface area contributed by atoms with Crippen LogP contribution in [0.2, 0.25) is 0 Å². The Hall–Kier alpha value is -1.35. The molecule has 0 amide bonds. The molecule has 0 bridgehead atoms. The lowest BCUT2D eigenvalue weighted by atomic mass is 9.82. The Morgan fingerprint density at radius 2 is 2.10 bits per heavy atom. The van der Waals surface area contributed by atoms with Gasteiger partial charge < -0.3 is 10.4 Å². The van der Waals surface area contributed by atoms with Crippen molar-refractivity contribution in [1.82, 2.24) is 5.32 Å². The lowest BCUT2D eigenvalue weighted by molar-refractivity contribution is -0.139. The summed E-state index contributed by atoms with van der Waals surface area (Å²) in [7, 11) is 0. The monoisotopic (exact) mass is 275 g/mol. The lowest BCUT2D eigenvalue weighted by Crippen LogP contribution is -2.41. The van der Waals surface area contributed by atoms with Gasteiger partial charge in [0.2, 0.25) is 0 Å². The molecule has 1 aliphatic carbocycles. The zero-order valence-corrected chi connectivity index (χ0v) is 12.2. The summed E-state index contributed by atoms with van der Waals surface area (Å²) in [6.45, 7) is 3.12. The van der Waals surface area contributed by atoms with Gasteiger partial charge in [0.25, 0.3) is 0 Å². The van der Waals surface area contributed by atoms with Crippen LogP contribution in [0.4, 0.5) is 0 Å². The standard InChI is InChI=1S/C17H25NO2/c1-13-6-5-9-15(10-13)12-18-16(17(19)20)11-14-7-3-2-4-8-14/h2-4,7-8,13,15-16,18H,5-6,9-12H2,1H3,(H,19,20)/t13?,15?,16-/m1/s1. The van der Waals surface area contributed by atoms with Crippen molar-refractivity contribution < 1.29 is 9.90 Å². The lowest BCUT2D eigenvalue weighted by Gasteiger charge is -2.28. The minimum Gasteiger partial charge on any atom is -0.480 e. The summed E-state index contributed by atoms with van der Waals surface area (Å²) in [6, 6.07) is 9.36. The van der Waals surface area contributed by atoms with E-state index >= 15 is 0 Å². The van der Waals surface area contributed by atoms with Gasteiger partial charge in [0, 0.05) is 0 Å². The predicted molar refractivity (Wildman–Crippen MR) is 80.7 cm³/mol. The number of hydrogen-bond acceptors (Lipinski definition) is 2. The average molecular weight is 275 g/mol. The Labute approximate surface area is 121 Å². The summed E-state index contributed by atoms with van der Waals surface area (Å²) in [4.78, 5) is 11.4. The second-order valence-electron chi connectivity index (χ2n) is 6.13. The van der Waals surface area contributed by atoms with Gasteiger partial charge in [-0.3, -0.25) is 4.79 Å². The summed E-state index contributed by atoms with van der Waals surface area (Å²) < 4.78 is 0. The Morgan fingerprint density at radius 1 is 1.35 bits per heavy atom. The number of hydrogen-bond donors (Lipinski definition) is 2. The number of carbonyl (C=O) groups is 1. The van der Waals surface area contributed by atoms with E-state index in [9.17, 15) is 9.90 Å². The second-order valence-corrected chi connectivity index (χ2v) is 6.13. The maximum absolute atomic E-state index is 11.4. The molecule has 0 saturated heterocycles. The zero-order valence-electron chi connectivity index (χ0n) is 12.2. The fourth-order valence-corrected chi connectivity index (χ4v) is 3.15. The quantitative estimate of drug-likeness (QED) is 0.838. The van der Waals surface area contributed by atoms with E-state index in [1.54, 1.807) is 0 Å². The molecule has 1 saturated carbocycles. The maximum Gasteiger partial charge on any atom is 0.321 e. The SMILES string of the molecule is CC1CCCC(CN[C@H](Cc2ccccc2)C(=O)O)C1. The molecular formula is C17H25NO2. The summed E-state index contributed by atoms with van der Waals surface area (Å²) in [5.41, 5.74) is 1.07. The van der Waals surface area contributed by atoms with Crippen molar-refractivity contribution in [2.24, 2.45) is 11.8 Å². The first-order valence-corrected chi connectivity index (χ1v) is 7.65. The molecular weight excluding hydrogens is 250 g/mol. The van der Waals surface area contributed by atoms with Crippen molar-refractivity contribution in [2.75, 3.05) is 6.54 Å². The number of carboxylic acids is 1. The van der Waals surface area contributed by atoms with Crippen LogP contribution in [-0.4, -0.2) is 23.7 Å². The normalized spacial score (nSPS) is 24.2. The first-order chi connectivity index (χ1) is 9.65. The van der Waals surface area contributed by atoms with Crippen molar-refractivity contribution in [2.45, 2.75) is 45.1 Å². The highest BCUT2D eigenvalue weighted by Crippen LogP contribution is 2.28. The third-order valence-corrected chi connectivity index (χ3v) is 4.28. The number of carboxylic acid groups (broad SMARTS) is 1. The van der Waals surface area contributed by atoms with Gasteiger partial charge in [-0.05, 0) is 43.2 Å². The highest BCUT2D eigenvalue weighted by atomic mass is 16.4. The number of benzene rings is 1. The van der Waals surface area contributed by atoms with Crippen molar-refractivity contribution in [1.29, 1.82) is 0 Å². The average Bonchev–Trinajstić information content (AvgIpc) is 2.44. The van der Waals surface area contributed by atoms with Crippen LogP contribution in [0.1, 0.15) is 38.2 Å². The van der Waals surface area contributed by atoms with Crippen LogP contribution >= 0.6 is 0 Å². The minimum absolute atomic E-state index is 0.477. The minimum atomic E-state index is -0.752. The van der Waals surface area contributed by atoms with Gasteiger partial charge in [-0.1, -0.05) is 50.1 Å². The van der Waals surface area contributed by atoms with Gasteiger partial charge in [0.05, 0.1) is 0 Å². The Bertz CT molecular complexity index is 418. The molecule has 20 heavy (non-hydrogen) atoms. The van der Waals surface area contributed by atoms with Gasteiger partial charge in [0.15, 0.2) is 0 Å².